The molecule has 0 rings (SSSR count). The second-order valence-electron chi connectivity index (χ2n) is 0. The Morgan fingerprint density at radius 1 is 1.17 bits per heavy atom. The standard InChI is InChI=1S/Ba.GeH2O.O.Pb.Ta.4H/c;1-2;;;;;;;/h;1H2;;;;;;;. The fraction of sp³-hybridized carbons (Fsp3) is 0. The van der Waals surface area contributed by atoms with Crippen molar-refractivity contribution < 1.29 is 28.1 Å². The van der Waals surface area contributed by atoms with Gasteiger partial charge in [0.1, 0.15) is 0 Å². The van der Waals surface area contributed by atoms with Gasteiger partial charge in [-0.2, -0.15) is 0 Å². The van der Waals surface area contributed by atoms with E-state index in [2.05, 4.69) is 0 Å². The summed E-state index contributed by atoms with van der Waals surface area (Å²) in [6, 6.07) is 0. The van der Waals surface area contributed by atoms with E-state index in [4.69, 9.17) is 7.03 Å². The van der Waals surface area contributed by atoms with Gasteiger partial charge in [0.15, 0.2) is 0 Å². The second kappa shape index (κ2) is 40.0. The average Bonchev–Trinajstić information content (AvgIpc) is 1.50. The van der Waals surface area contributed by atoms with Crippen LogP contribution >= 0.6 is 0 Å². The summed E-state index contributed by atoms with van der Waals surface area (Å²) < 4.78 is 16.7. The predicted octanol–water partition coefficient (Wildman–Crippen LogP) is -2.99. The van der Waals surface area contributed by atoms with E-state index in [9.17, 15) is 0 Å². The van der Waals surface area contributed by atoms with Gasteiger partial charge in [0.25, 0.3) is 0 Å². The summed E-state index contributed by atoms with van der Waals surface area (Å²) in [5.74, 6) is 0. The molecule has 0 saturated carbocycles. The third kappa shape index (κ3) is 26.3. The SMILES string of the molecule is [BaH2].[O]=[GeH2].[O]=[Ta].[PbH2]. The van der Waals surface area contributed by atoms with Crippen LogP contribution in [0.5, 0.6) is 0 Å². The molecule has 0 aliphatic carbocycles. The Bertz CT molecular complexity index is 15.5. The van der Waals surface area contributed by atoms with Crippen LogP contribution in [-0.4, -0.2) is 92.6 Å². The Hall–Kier alpha value is 3.38. The van der Waals surface area contributed by atoms with E-state index >= 15 is 0 Å². The molecule has 0 saturated heterocycles. The van der Waals surface area contributed by atoms with Gasteiger partial charge in [0, 0.05) is 0 Å². The Labute approximate surface area is 118 Å². The first-order chi connectivity index (χ1) is 2.00. The third-order valence-corrected chi connectivity index (χ3v) is 0. The van der Waals surface area contributed by atoms with Gasteiger partial charge < -0.3 is 0 Å². The Morgan fingerprint density at radius 2 is 1.17 bits per heavy atom. The summed E-state index contributed by atoms with van der Waals surface area (Å²) in [6.45, 7) is 0. The summed E-state index contributed by atoms with van der Waals surface area (Å²) in [5.41, 5.74) is 0. The summed E-state index contributed by atoms with van der Waals surface area (Å²) in [6.07, 6.45) is 0. The zero-order valence-electron chi connectivity index (χ0n) is 2.68. The van der Waals surface area contributed by atoms with Crippen LogP contribution < -0.4 is 0 Å². The number of hydrogen-bond acceptors (Lipinski definition) is 2. The van der Waals surface area contributed by atoms with Crippen LogP contribution in [0.1, 0.15) is 0 Å². The molecule has 2 radical (unpaired) electrons. The molecular weight excluding hydrogens is 630 g/mol. The van der Waals surface area contributed by atoms with Crippen molar-refractivity contribution in [3.8, 4) is 0 Å². The molecular formula is H6BaGeO2PbTa. The predicted molar refractivity (Wildman–Crippen MR) is 27.0 cm³/mol. The summed E-state index contributed by atoms with van der Waals surface area (Å²) >= 11 is 0.319. The average molecular weight is 636 g/mol. The Morgan fingerprint density at radius 3 is 1.17 bits per heavy atom. The van der Waals surface area contributed by atoms with Crippen LogP contribution in [0, 0.1) is 0 Å². The molecule has 0 N–H and O–H groups in total. The van der Waals surface area contributed by atoms with E-state index in [1.807, 2.05) is 0 Å². The quantitative estimate of drug-likeness (QED) is 0.267. The molecule has 0 amide bonds. The van der Waals surface area contributed by atoms with E-state index < -0.39 is 0 Å². The minimum absolute atomic E-state index is 0. The van der Waals surface area contributed by atoms with Crippen LogP contribution in [-0.2, 0) is 28.1 Å². The van der Waals surface area contributed by atoms with Crippen molar-refractivity contribution in [1.29, 1.82) is 0 Å². The molecule has 0 spiro atoms. The van der Waals surface area contributed by atoms with Gasteiger partial charge in [0.2, 0.25) is 0 Å². The molecule has 0 unspecified atom stereocenters. The normalized spacial score (nSPS) is 1.17. The van der Waals surface area contributed by atoms with Crippen molar-refractivity contribution >= 4 is 92.6 Å². The van der Waals surface area contributed by atoms with E-state index in [0.717, 1.165) is 0 Å². The van der Waals surface area contributed by atoms with Crippen molar-refractivity contribution in [2.45, 2.75) is 0 Å². The van der Waals surface area contributed by atoms with Crippen molar-refractivity contribution in [1.82, 2.24) is 0 Å². The molecule has 0 aromatic rings. The van der Waals surface area contributed by atoms with Crippen LogP contribution in [0.2, 0.25) is 0 Å². The molecule has 0 fully saturated rings. The van der Waals surface area contributed by atoms with Gasteiger partial charge in [-0.3, -0.25) is 0 Å². The van der Waals surface area contributed by atoms with Gasteiger partial charge in [-0.15, -0.1) is 0 Å². The summed E-state index contributed by atoms with van der Waals surface area (Å²) in [5, 5.41) is 0. The first-order valence-corrected chi connectivity index (χ1v) is 2.99. The van der Waals surface area contributed by atoms with Gasteiger partial charge in [0.05, 0.1) is 0 Å². The van der Waals surface area contributed by atoms with Crippen LogP contribution in [0.3, 0.4) is 0 Å². The summed E-state index contributed by atoms with van der Waals surface area (Å²) in [7, 11) is 0. The maximum absolute atomic E-state index is 8.38. The first-order valence-electron chi connectivity index (χ1n) is 0.471. The van der Waals surface area contributed by atoms with E-state index in [-0.39, 0.29) is 114 Å². The molecule has 2 nitrogen and oxygen atoms in total. The van der Waals surface area contributed by atoms with Crippen LogP contribution in [0.4, 0.5) is 0 Å². The van der Waals surface area contributed by atoms with Gasteiger partial charge in [-0.1, -0.05) is 0 Å². The minimum atomic E-state index is 0. The van der Waals surface area contributed by atoms with Gasteiger partial charge in [-0.05, 0) is 0 Å². The van der Waals surface area contributed by atoms with Crippen LogP contribution in [0.25, 0.3) is 0 Å². The van der Waals surface area contributed by atoms with E-state index in [1.54, 1.807) is 0 Å². The zero-order valence-corrected chi connectivity index (χ0v) is 14.4. The van der Waals surface area contributed by atoms with Crippen molar-refractivity contribution in [3.63, 3.8) is 0 Å². The van der Waals surface area contributed by atoms with Crippen LogP contribution in [0.15, 0.2) is 0 Å². The molecule has 6 heavy (non-hydrogen) atoms. The molecule has 33 valence electrons. The van der Waals surface area contributed by atoms with Crippen molar-refractivity contribution in [2.75, 3.05) is 0 Å². The first kappa shape index (κ1) is 22.8. The molecule has 0 atom stereocenters. The topological polar surface area (TPSA) is 34.1 Å². The number of rotatable bonds is 0. The molecule has 0 aliphatic heterocycles. The van der Waals surface area contributed by atoms with Crippen molar-refractivity contribution in [2.24, 2.45) is 0 Å². The molecule has 0 bridgehead atoms. The third-order valence-electron chi connectivity index (χ3n) is 0. The fourth-order valence-corrected chi connectivity index (χ4v) is 0. The van der Waals surface area contributed by atoms with Gasteiger partial charge >= 0.3 is 121 Å². The monoisotopic (exact) mass is 639 g/mol. The Kier molecular flexibility index (Phi) is 152. The summed E-state index contributed by atoms with van der Waals surface area (Å²) in [4.78, 5) is 0. The zero-order chi connectivity index (χ0) is 4.00. The molecule has 0 heterocycles. The number of hydrogen-bond donors (Lipinski definition) is 0. The molecule has 6 heteroatoms. The molecule has 0 aromatic carbocycles. The molecule has 0 aromatic heterocycles. The fourth-order valence-electron chi connectivity index (χ4n) is 0. The molecule has 0 aliphatic rings. The van der Waals surface area contributed by atoms with E-state index in [1.165, 1.54) is 0 Å². The second-order valence-corrected chi connectivity index (χ2v) is 0. The van der Waals surface area contributed by atoms with Gasteiger partial charge in [-0.25, -0.2) is 0 Å². The van der Waals surface area contributed by atoms with E-state index in [0.29, 0.717) is 0 Å². The maximum atomic E-state index is 8.38. The van der Waals surface area contributed by atoms with Crippen molar-refractivity contribution in [3.05, 3.63) is 0 Å². The Balaban J connectivity index is -0.00000000500.